The SMILES string of the molecule is CCNC(=O)C1(Cc2cccc(-c3cccnc3)c2)CCN(Cc2cccc(C)n2)C1. The maximum absolute atomic E-state index is 13.2. The van der Waals surface area contributed by atoms with Crippen molar-refractivity contribution < 1.29 is 4.79 Å². The Morgan fingerprint density at radius 2 is 1.97 bits per heavy atom. The van der Waals surface area contributed by atoms with E-state index >= 15 is 0 Å². The molecule has 1 amide bonds. The molecular formula is C26H30N4O. The molecule has 3 heterocycles. The lowest BCUT2D eigenvalue weighted by atomic mass is 9.79. The number of nitrogens with zero attached hydrogens (tertiary/aromatic N) is 3. The molecule has 3 aromatic rings. The summed E-state index contributed by atoms with van der Waals surface area (Å²) in [4.78, 5) is 24.5. The zero-order valence-electron chi connectivity index (χ0n) is 18.3. The number of amides is 1. The van der Waals surface area contributed by atoms with Crippen LogP contribution in [0.25, 0.3) is 11.1 Å². The Kier molecular flexibility index (Phi) is 6.42. The van der Waals surface area contributed by atoms with Gasteiger partial charge >= 0.3 is 0 Å². The standard InChI is InChI=1S/C26H30N4O/c1-3-28-25(31)26(12-14-30(19-26)18-24-11-4-7-20(2)29-24)16-21-8-5-9-22(15-21)23-10-6-13-27-17-23/h4-11,13,15,17H,3,12,14,16,18-19H2,1-2H3,(H,28,31). The van der Waals surface area contributed by atoms with Crippen LogP contribution in [-0.4, -0.2) is 40.4 Å². The lowest BCUT2D eigenvalue weighted by Gasteiger charge is -2.28. The Bertz CT molecular complexity index is 1040. The van der Waals surface area contributed by atoms with Crippen molar-refractivity contribution in [1.29, 1.82) is 0 Å². The third-order valence-corrected chi connectivity index (χ3v) is 6.05. The first-order valence-corrected chi connectivity index (χ1v) is 11.0. The molecule has 0 radical (unpaired) electrons. The van der Waals surface area contributed by atoms with Gasteiger partial charge in [-0.3, -0.25) is 19.7 Å². The molecule has 160 valence electrons. The second-order valence-electron chi connectivity index (χ2n) is 8.49. The minimum absolute atomic E-state index is 0.154. The van der Waals surface area contributed by atoms with E-state index in [2.05, 4.69) is 62.6 Å². The Morgan fingerprint density at radius 1 is 1.13 bits per heavy atom. The summed E-state index contributed by atoms with van der Waals surface area (Å²) in [6.07, 6.45) is 5.24. The average molecular weight is 415 g/mol. The van der Waals surface area contributed by atoms with Gasteiger partial charge in [0.25, 0.3) is 0 Å². The van der Waals surface area contributed by atoms with E-state index in [-0.39, 0.29) is 5.91 Å². The molecular weight excluding hydrogens is 384 g/mol. The molecule has 1 aliphatic heterocycles. The van der Waals surface area contributed by atoms with Crippen LogP contribution in [0.3, 0.4) is 0 Å². The second-order valence-corrected chi connectivity index (χ2v) is 8.49. The minimum Gasteiger partial charge on any atom is -0.356 e. The van der Waals surface area contributed by atoms with Gasteiger partial charge in [-0.1, -0.05) is 36.4 Å². The van der Waals surface area contributed by atoms with Crippen LogP contribution < -0.4 is 5.32 Å². The van der Waals surface area contributed by atoms with E-state index < -0.39 is 5.41 Å². The van der Waals surface area contributed by atoms with Crippen molar-refractivity contribution in [1.82, 2.24) is 20.2 Å². The number of rotatable bonds is 7. The Balaban J connectivity index is 1.55. The predicted molar refractivity (Wildman–Crippen MR) is 123 cm³/mol. The fourth-order valence-corrected chi connectivity index (χ4v) is 4.55. The topological polar surface area (TPSA) is 58.1 Å². The van der Waals surface area contributed by atoms with Gasteiger partial charge in [-0.05, 0) is 68.1 Å². The van der Waals surface area contributed by atoms with Crippen LogP contribution in [-0.2, 0) is 17.8 Å². The van der Waals surface area contributed by atoms with Gasteiger partial charge in [-0.15, -0.1) is 0 Å². The summed E-state index contributed by atoms with van der Waals surface area (Å²) in [5, 5.41) is 3.10. The fraction of sp³-hybridized carbons (Fsp3) is 0.346. The number of carbonyl (C=O) groups excluding carboxylic acids is 1. The van der Waals surface area contributed by atoms with Gasteiger partial charge in [0.1, 0.15) is 0 Å². The van der Waals surface area contributed by atoms with Gasteiger partial charge in [0.05, 0.1) is 11.1 Å². The lowest BCUT2D eigenvalue weighted by Crippen LogP contribution is -2.44. The third kappa shape index (κ3) is 5.00. The largest absolute Gasteiger partial charge is 0.356 e. The highest BCUT2D eigenvalue weighted by atomic mass is 16.2. The van der Waals surface area contributed by atoms with Crippen molar-refractivity contribution in [3.63, 3.8) is 0 Å². The Hall–Kier alpha value is -3.05. The molecule has 1 fully saturated rings. The highest BCUT2D eigenvalue weighted by Crippen LogP contribution is 2.36. The molecule has 0 aliphatic carbocycles. The number of likely N-dealkylation sites (tertiary alicyclic amines) is 1. The normalized spacial score (nSPS) is 18.8. The molecule has 4 rings (SSSR count). The van der Waals surface area contributed by atoms with Gasteiger partial charge in [0, 0.05) is 37.7 Å². The van der Waals surface area contributed by atoms with E-state index in [1.807, 2.05) is 32.2 Å². The molecule has 0 spiro atoms. The van der Waals surface area contributed by atoms with Gasteiger partial charge < -0.3 is 5.32 Å². The van der Waals surface area contributed by atoms with Crippen molar-refractivity contribution >= 4 is 5.91 Å². The molecule has 1 N–H and O–H groups in total. The molecule has 2 aromatic heterocycles. The van der Waals surface area contributed by atoms with Crippen molar-refractivity contribution in [3.8, 4) is 11.1 Å². The number of benzene rings is 1. The first-order chi connectivity index (χ1) is 15.1. The first-order valence-electron chi connectivity index (χ1n) is 11.0. The summed E-state index contributed by atoms with van der Waals surface area (Å²) in [7, 11) is 0. The lowest BCUT2D eigenvalue weighted by molar-refractivity contribution is -0.130. The van der Waals surface area contributed by atoms with Crippen LogP contribution in [0.5, 0.6) is 0 Å². The molecule has 1 saturated heterocycles. The summed E-state index contributed by atoms with van der Waals surface area (Å²) in [5.74, 6) is 0.154. The number of hydrogen-bond acceptors (Lipinski definition) is 4. The Labute approximate surface area is 184 Å². The number of nitrogens with one attached hydrogen (secondary N) is 1. The van der Waals surface area contributed by atoms with Crippen molar-refractivity contribution in [2.75, 3.05) is 19.6 Å². The number of hydrogen-bond donors (Lipinski definition) is 1. The molecule has 5 nitrogen and oxygen atoms in total. The monoisotopic (exact) mass is 414 g/mol. The number of aryl methyl sites for hydroxylation is 1. The Morgan fingerprint density at radius 3 is 2.74 bits per heavy atom. The third-order valence-electron chi connectivity index (χ3n) is 6.05. The van der Waals surface area contributed by atoms with Crippen LogP contribution >= 0.6 is 0 Å². The van der Waals surface area contributed by atoms with Gasteiger partial charge in [0.15, 0.2) is 0 Å². The maximum atomic E-state index is 13.2. The highest BCUT2D eigenvalue weighted by Gasteiger charge is 2.44. The highest BCUT2D eigenvalue weighted by molar-refractivity contribution is 5.83. The van der Waals surface area contributed by atoms with Crippen molar-refractivity contribution in [3.05, 3.63) is 83.9 Å². The van der Waals surface area contributed by atoms with E-state index in [0.29, 0.717) is 6.54 Å². The average Bonchev–Trinajstić information content (AvgIpc) is 3.18. The predicted octanol–water partition coefficient (Wildman–Crippen LogP) is 4.02. The molecule has 0 bridgehead atoms. The zero-order chi connectivity index (χ0) is 21.7. The summed E-state index contributed by atoms with van der Waals surface area (Å²) in [6, 6.07) is 18.7. The van der Waals surface area contributed by atoms with Crippen LogP contribution in [0.4, 0.5) is 0 Å². The first kappa shape index (κ1) is 21.2. The summed E-state index contributed by atoms with van der Waals surface area (Å²) in [5.41, 5.74) is 5.07. The fourth-order valence-electron chi connectivity index (χ4n) is 4.55. The zero-order valence-corrected chi connectivity index (χ0v) is 18.3. The van der Waals surface area contributed by atoms with E-state index in [1.54, 1.807) is 6.20 Å². The molecule has 5 heteroatoms. The van der Waals surface area contributed by atoms with Crippen LogP contribution in [0, 0.1) is 12.3 Å². The van der Waals surface area contributed by atoms with Gasteiger partial charge in [-0.2, -0.15) is 0 Å². The van der Waals surface area contributed by atoms with Crippen LogP contribution in [0.2, 0.25) is 0 Å². The molecule has 0 saturated carbocycles. The number of carbonyl (C=O) groups is 1. The smallest absolute Gasteiger partial charge is 0.227 e. The van der Waals surface area contributed by atoms with E-state index in [9.17, 15) is 4.79 Å². The maximum Gasteiger partial charge on any atom is 0.227 e. The second kappa shape index (κ2) is 9.40. The molecule has 1 atom stereocenters. The van der Waals surface area contributed by atoms with E-state index in [1.165, 1.54) is 5.56 Å². The van der Waals surface area contributed by atoms with Crippen LogP contribution in [0.15, 0.2) is 67.0 Å². The summed E-state index contributed by atoms with van der Waals surface area (Å²) >= 11 is 0. The summed E-state index contributed by atoms with van der Waals surface area (Å²) < 4.78 is 0. The van der Waals surface area contributed by atoms with Gasteiger partial charge in [0.2, 0.25) is 5.91 Å². The van der Waals surface area contributed by atoms with E-state index in [0.717, 1.165) is 55.0 Å². The minimum atomic E-state index is -0.423. The molecule has 1 aliphatic rings. The van der Waals surface area contributed by atoms with Crippen molar-refractivity contribution in [2.24, 2.45) is 5.41 Å². The van der Waals surface area contributed by atoms with Crippen LogP contribution in [0.1, 0.15) is 30.3 Å². The quantitative estimate of drug-likeness (QED) is 0.634. The molecule has 31 heavy (non-hydrogen) atoms. The number of aromatic nitrogens is 2. The van der Waals surface area contributed by atoms with E-state index in [4.69, 9.17) is 0 Å². The summed E-state index contributed by atoms with van der Waals surface area (Å²) in [6.45, 7) is 7.06. The van der Waals surface area contributed by atoms with Gasteiger partial charge in [-0.25, -0.2) is 0 Å². The number of pyridine rings is 2. The van der Waals surface area contributed by atoms with Crippen molar-refractivity contribution in [2.45, 2.75) is 33.2 Å². The molecule has 1 unspecified atom stereocenters. The molecule has 1 aromatic carbocycles.